The van der Waals surface area contributed by atoms with E-state index in [9.17, 15) is 20.4 Å². The van der Waals surface area contributed by atoms with E-state index >= 15 is 0 Å². The van der Waals surface area contributed by atoms with Gasteiger partial charge in [-0.3, -0.25) is 0 Å². The average Bonchev–Trinajstić information content (AvgIpc) is 3.93. The van der Waals surface area contributed by atoms with E-state index in [0.717, 1.165) is 77.9 Å². The van der Waals surface area contributed by atoms with Gasteiger partial charge in [-0.1, -0.05) is 12.1 Å². The summed E-state index contributed by atoms with van der Waals surface area (Å²) in [6.45, 7) is 16.4. The SMILES string of the molecule is Cc1cc(O)ccc1-c1c(C)c(C)c(O)c(C)c1C1OC1COCC1OC1c1c(C)c(O)c(C)c(C)c1-c1ccc(O)cc1C. The minimum Gasteiger partial charge on any atom is -0.508 e. The van der Waals surface area contributed by atoms with Gasteiger partial charge in [0.25, 0.3) is 0 Å². The van der Waals surface area contributed by atoms with E-state index in [4.69, 9.17) is 14.2 Å². The van der Waals surface area contributed by atoms with E-state index in [1.54, 1.807) is 24.3 Å². The maximum atomic E-state index is 11.0. The summed E-state index contributed by atoms with van der Waals surface area (Å²) >= 11 is 0. The van der Waals surface area contributed by atoms with Crippen molar-refractivity contribution in [3.05, 3.63) is 92.0 Å². The van der Waals surface area contributed by atoms with Crippen molar-refractivity contribution in [3.63, 3.8) is 0 Å². The van der Waals surface area contributed by atoms with Crippen LogP contribution >= 0.6 is 0 Å². The molecular formula is C38H42O7. The Morgan fingerprint density at radius 3 is 1.27 bits per heavy atom. The Kier molecular flexibility index (Phi) is 7.84. The van der Waals surface area contributed by atoms with Crippen LogP contribution in [0.2, 0.25) is 0 Å². The molecule has 4 N–H and O–H groups in total. The summed E-state index contributed by atoms with van der Waals surface area (Å²) in [5.41, 5.74) is 13.1. The lowest BCUT2D eigenvalue weighted by molar-refractivity contribution is 0.102. The summed E-state index contributed by atoms with van der Waals surface area (Å²) in [5.74, 6) is 0.986. The van der Waals surface area contributed by atoms with Gasteiger partial charge in [-0.25, -0.2) is 0 Å². The molecule has 2 aliphatic heterocycles. The zero-order valence-electron chi connectivity index (χ0n) is 27.2. The third-order valence-corrected chi connectivity index (χ3v) is 9.90. The molecular weight excluding hydrogens is 568 g/mol. The van der Waals surface area contributed by atoms with Crippen LogP contribution in [0.5, 0.6) is 23.0 Å². The number of aromatic hydroxyl groups is 4. The summed E-state index contributed by atoms with van der Waals surface area (Å²) in [7, 11) is 0. The summed E-state index contributed by atoms with van der Waals surface area (Å²) in [4.78, 5) is 0. The first kappa shape index (κ1) is 31.0. The molecule has 2 heterocycles. The van der Waals surface area contributed by atoms with Gasteiger partial charge in [0.15, 0.2) is 0 Å². The highest BCUT2D eigenvalue weighted by atomic mass is 16.6. The number of phenolic OH excluding ortho intramolecular Hbond substituents is 4. The van der Waals surface area contributed by atoms with E-state index in [-0.39, 0.29) is 47.4 Å². The average molecular weight is 611 g/mol. The molecule has 0 saturated carbocycles. The van der Waals surface area contributed by atoms with Crippen molar-refractivity contribution in [2.24, 2.45) is 0 Å². The van der Waals surface area contributed by atoms with Crippen LogP contribution in [0.15, 0.2) is 36.4 Å². The Hall–Kier alpha value is -4.04. The van der Waals surface area contributed by atoms with Crippen LogP contribution in [0.4, 0.5) is 0 Å². The van der Waals surface area contributed by atoms with Crippen LogP contribution in [0.3, 0.4) is 0 Å². The number of epoxide rings is 2. The minimum atomic E-state index is -0.225. The van der Waals surface area contributed by atoms with Gasteiger partial charge in [0.05, 0.1) is 13.2 Å². The monoisotopic (exact) mass is 610 g/mol. The molecule has 236 valence electrons. The molecule has 4 aromatic carbocycles. The fourth-order valence-electron chi connectivity index (χ4n) is 6.94. The van der Waals surface area contributed by atoms with Gasteiger partial charge >= 0.3 is 0 Å². The highest BCUT2D eigenvalue weighted by molar-refractivity contribution is 5.80. The molecule has 2 saturated heterocycles. The number of hydrogen-bond donors (Lipinski definition) is 4. The second kappa shape index (κ2) is 11.4. The van der Waals surface area contributed by atoms with Crippen molar-refractivity contribution < 1.29 is 34.6 Å². The highest BCUT2D eigenvalue weighted by Gasteiger charge is 2.47. The summed E-state index contributed by atoms with van der Waals surface area (Å²) in [6, 6.07) is 10.7. The van der Waals surface area contributed by atoms with E-state index in [1.165, 1.54) is 0 Å². The normalized spacial score (nSPS) is 20.4. The second-order valence-electron chi connectivity index (χ2n) is 12.8. The Morgan fingerprint density at radius 2 is 0.911 bits per heavy atom. The Labute approximate surface area is 264 Å². The molecule has 0 aliphatic carbocycles. The topological polar surface area (TPSA) is 115 Å². The summed E-state index contributed by atoms with van der Waals surface area (Å²) < 4.78 is 18.5. The largest absolute Gasteiger partial charge is 0.508 e. The van der Waals surface area contributed by atoms with Gasteiger partial charge < -0.3 is 34.6 Å². The molecule has 2 aliphatic rings. The first-order valence-electron chi connectivity index (χ1n) is 15.5. The van der Waals surface area contributed by atoms with E-state index in [0.29, 0.717) is 13.2 Å². The Balaban J connectivity index is 1.20. The number of aryl methyl sites for hydroxylation is 2. The smallest absolute Gasteiger partial charge is 0.122 e. The molecule has 7 nitrogen and oxygen atoms in total. The van der Waals surface area contributed by atoms with E-state index in [2.05, 4.69) is 0 Å². The van der Waals surface area contributed by atoms with Gasteiger partial charge in [-0.15, -0.1) is 0 Å². The molecule has 2 fully saturated rings. The zero-order chi connectivity index (χ0) is 32.5. The fraction of sp³-hybridized carbons (Fsp3) is 0.368. The predicted molar refractivity (Wildman–Crippen MR) is 174 cm³/mol. The molecule has 0 bridgehead atoms. The molecule has 0 spiro atoms. The van der Waals surface area contributed by atoms with Crippen molar-refractivity contribution in [2.45, 2.75) is 79.8 Å². The third kappa shape index (κ3) is 5.33. The van der Waals surface area contributed by atoms with Crippen LogP contribution < -0.4 is 0 Å². The Bertz CT molecular complexity index is 1710. The van der Waals surface area contributed by atoms with Crippen LogP contribution in [0, 0.1) is 55.4 Å². The molecule has 0 radical (unpaired) electrons. The van der Waals surface area contributed by atoms with Crippen LogP contribution in [0.1, 0.15) is 67.8 Å². The van der Waals surface area contributed by atoms with Gasteiger partial charge in [0, 0.05) is 0 Å². The predicted octanol–water partition coefficient (Wildman–Crippen LogP) is 7.91. The lowest BCUT2D eigenvalue weighted by Gasteiger charge is -2.21. The molecule has 6 rings (SSSR count). The van der Waals surface area contributed by atoms with Crippen molar-refractivity contribution in [1.29, 1.82) is 0 Å². The fourth-order valence-corrected chi connectivity index (χ4v) is 6.94. The quantitative estimate of drug-likeness (QED) is 0.150. The first-order chi connectivity index (χ1) is 21.3. The number of hydrogen-bond acceptors (Lipinski definition) is 7. The van der Waals surface area contributed by atoms with Crippen molar-refractivity contribution in [2.75, 3.05) is 13.2 Å². The molecule has 4 atom stereocenters. The van der Waals surface area contributed by atoms with E-state index in [1.807, 2.05) is 67.5 Å². The second-order valence-corrected chi connectivity index (χ2v) is 12.8. The van der Waals surface area contributed by atoms with Crippen molar-refractivity contribution in [1.82, 2.24) is 0 Å². The zero-order valence-corrected chi connectivity index (χ0v) is 27.2. The van der Waals surface area contributed by atoms with Gasteiger partial charge in [-0.05, 0) is 158 Å². The minimum absolute atomic E-state index is 0.166. The van der Waals surface area contributed by atoms with Crippen LogP contribution in [0.25, 0.3) is 22.3 Å². The highest BCUT2D eigenvalue weighted by Crippen LogP contribution is 2.52. The number of ether oxygens (including phenoxy) is 3. The first-order valence-corrected chi connectivity index (χ1v) is 15.5. The molecule has 45 heavy (non-hydrogen) atoms. The lowest BCUT2D eigenvalue weighted by atomic mass is 9.84. The van der Waals surface area contributed by atoms with Crippen molar-refractivity contribution >= 4 is 0 Å². The van der Waals surface area contributed by atoms with Crippen LogP contribution in [-0.4, -0.2) is 45.8 Å². The third-order valence-electron chi connectivity index (χ3n) is 9.90. The standard InChI is InChI=1S/C38H42O7/c1-17-13-25(39)9-11-27(17)31-19(3)21(5)35(41)23(7)33(31)37-29(44-37)15-43-16-30-38(45-30)34-24(8)36(42)22(6)20(4)32(34)28-12-10-26(40)14-18(28)2/h9-14,29-30,37-42H,15-16H2,1-8H3. The maximum absolute atomic E-state index is 11.0. The molecule has 0 amide bonds. The number of benzene rings is 4. The maximum Gasteiger partial charge on any atom is 0.122 e. The lowest BCUT2D eigenvalue weighted by Crippen LogP contribution is -2.10. The van der Waals surface area contributed by atoms with E-state index < -0.39 is 0 Å². The molecule has 7 heteroatoms. The summed E-state index contributed by atoms with van der Waals surface area (Å²) in [6.07, 6.45) is -0.781. The van der Waals surface area contributed by atoms with Crippen molar-refractivity contribution in [3.8, 4) is 45.3 Å². The number of phenols is 4. The van der Waals surface area contributed by atoms with Gasteiger partial charge in [0.2, 0.25) is 0 Å². The molecule has 0 aromatic heterocycles. The van der Waals surface area contributed by atoms with Gasteiger partial charge in [0.1, 0.15) is 47.4 Å². The van der Waals surface area contributed by atoms with Gasteiger partial charge in [-0.2, -0.15) is 0 Å². The molecule has 4 unspecified atom stereocenters. The van der Waals surface area contributed by atoms with Crippen LogP contribution in [-0.2, 0) is 14.2 Å². The Morgan fingerprint density at radius 1 is 0.533 bits per heavy atom. The molecule has 4 aromatic rings. The number of rotatable bonds is 8. The summed E-state index contributed by atoms with van der Waals surface area (Å²) in [5, 5.41) is 41.9.